The number of carbonyl (C=O) groups is 1. The molecule has 5 heteroatoms. The molecule has 2 amide bonds. The summed E-state index contributed by atoms with van der Waals surface area (Å²) in [6.45, 7) is 1.40. The standard InChI is InChI=1S/C19H27FN2O2/c20-17-10-4-3-9-16(17)18(15-7-1-2-8-15)21-19(24)22-11-5-6-14(12-22)13-23/h3-4,9-10,14-15,18,23H,1-2,5-8,11-13H2,(H,21,24). The van der Waals surface area contributed by atoms with E-state index in [0.717, 1.165) is 38.5 Å². The summed E-state index contributed by atoms with van der Waals surface area (Å²) in [5, 5.41) is 12.4. The number of aliphatic hydroxyl groups excluding tert-OH is 1. The summed E-state index contributed by atoms with van der Waals surface area (Å²) in [6, 6.07) is 6.36. The van der Waals surface area contributed by atoms with Crippen molar-refractivity contribution in [2.24, 2.45) is 11.8 Å². The fraction of sp³-hybridized carbons (Fsp3) is 0.632. The lowest BCUT2D eigenvalue weighted by atomic mass is 9.91. The Morgan fingerprint density at radius 3 is 2.71 bits per heavy atom. The van der Waals surface area contributed by atoms with Gasteiger partial charge in [-0.3, -0.25) is 0 Å². The molecule has 24 heavy (non-hydrogen) atoms. The molecule has 132 valence electrons. The number of hydrogen-bond acceptors (Lipinski definition) is 2. The van der Waals surface area contributed by atoms with Gasteiger partial charge in [-0.2, -0.15) is 0 Å². The lowest BCUT2D eigenvalue weighted by Gasteiger charge is -2.34. The number of piperidine rings is 1. The molecule has 1 saturated heterocycles. The van der Waals surface area contributed by atoms with Crippen LogP contribution in [0.5, 0.6) is 0 Å². The molecule has 1 heterocycles. The van der Waals surface area contributed by atoms with Crippen LogP contribution in [-0.4, -0.2) is 35.7 Å². The van der Waals surface area contributed by atoms with Gasteiger partial charge in [0.15, 0.2) is 0 Å². The molecule has 0 spiro atoms. The van der Waals surface area contributed by atoms with Gasteiger partial charge in [-0.25, -0.2) is 9.18 Å². The van der Waals surface area contributed by atoms with Gasteiger partial charge < -0.3 is 15.3 Å². The van der Waals surface area contributed by atoms with Crippen molar-refractivity contribution in [1.82, 2.24) is 10.2 Å². The minimum atomic E-state index is -0.268. The van der Waals surface area contributed by atoms with Crippen molar-refractivity contribution in [3.05, 3.63) is 35.6 Å². The monoisotopic (exact) mass is 334 g/mol. The predicted molar refractivity (Wildman–Crippen MR) is 91.0 cm³/mol. The quantitative estimate of drug-likeness (QED) is 0.886. The van der Waals surface area contributed by atoms with E-state index >= 15 is 0 Å². The number of halogens is 1. The zero-order valence-electron chi connectivity index (χ0n) is 14.1. The predicted octanol–water partition coefficient (Wildman–Crippen LogP) is 3.47. The summed E-state index contributed by atoms with van der Waals surface area (Å²) in [5.41, 5.74) is 0.591. The average Bonchev–Trinajstić information content (AvgIpc) is 3.14. The third-order valence-electron chi connectivity index (χ3n) is 5.45. The summed E-state index contributed by atoms with van der Waals surface area (Å²) in [7, 11) is 0. The summed E-state index contributed by atoms with van der Waals surface area (Å²) < 4.78 is 14.3. The number of hydrogen-bond donors (Lipinski definition) is 2. The SMILES string of the molecule is O=C(NC(c1ccccc1F)C1CCCC1)N1CCCC(CO)C1. The van der Waals surface area contributed by atoms with Gasteiger partial charge in [0.25, 0.3) is 0 Å². The van der Waals surface area contributed by atoms with E-state index in [2.05, 4.69) is 5.32 Å². The van der Waals surface area contributed by atoms with Gasteiger partial charge in [0.05, 0.1) is 6.04 Å². The lowest BCUT2D eigenvalue weighted by molar-refractivity contribution is 0.126. The fourth-order valence-corrected chi connectivity index (χ4v) is 4.09. The van der Waals surface area contributed by atoms with Crippen LogP contribution in [0.4, 0.5) is 9.18 Å². The van der Waals surface area contributed by atoms with Crippen LogP contribution in [0.1, 0.15) is 50.1 Å². The number of nitrogens with zero attached hydrogens (tertiary/aromatic N) is 1. The van der Waals surface area contributed by atoms with E-state index in [-0.39, 0.29) is 30.4 Å². The van der Waals surface area contributed by atoms with Crippen LogP contribution in [0.2, 0.25) is 0 Å². The summed E-state index contributed by atoms with van der Waals surface area (Å²) in [5.74, 6) is 0.203. The molecule has 1 aliphatic carbocycles. The van der Waals surface area contributed by atoms with E-state index in [0.29, 0.717) is 24.6 Å². The Kier molecular flexibility index (Phi) is 5.72. The maximum atomic E-state index is 14.3. The van der Waals surface area contributed by atoms with Crippen molar-refractivity contribution in [2.75, 3.05) is 19.7 Å². The van der Waals surface area contributed by atoms with Crippen molar-refractivity contribution < 1.29 is 14.3 Å². The third-order valence-corrected chi connectivity index (χ3v) is 5.45. The van der Waals surface area contributed by atoms with Gasteiger partial charge in [-0.05, 0) is 43.6 Å². The van der Waals surface area contributed by atoms with E-state index in [1.807, 2.05) is 6.07 Å². The Morgan fingerprint density at radius 2 is 2.00 bits per heavy atom. The first-order chi connectivity index (χ1) is 11.7. The number of likely N-dealkylation sites (tertiary alicyclic amines) is 1. The molecule has 2 aliphatic rings. The molecule has 2 fully saturated rings. The van der Waals surface area contributed by atoms with Crippen molar-refractivity contribution in [1.29, 1.82) is 0 Å². The molecule has 3 rings (SSSR count). The van der Waals surface area contributed by atoms with Gasteiger partial charge in [-0.15, -0.1) is 0 Å². The maximum absolute atomic E-state index is 14.3. The maximum Gasteiger partial charge on any atom is 0.317 e. The van der Waals surface area contributed by atoms with Crippen LogP contribution in [0, 0.1) is 17.7 Å². The summed E-state index contributed by atoms with van der Waals surface area (Å²) in [6.07, 6.45) is 6.20. The Balaban J connectivity index is 1.74. The zero-order chi connectivity index (χ0) is 16.9. The number of nitrogens with one attached hydrogen (secondary N) is 1. The number of benzene rings is 1. The Labute approximate surface area is 143 Å². The molecule has 0 radical (unpaired) electrons. The molecule has 1 saturated carbocycles. The van der Waals surface area contributed by atoms with E-state index in [1.54, 1.807) is 17.0 Å². The second-order valence-electron chi connectivity index (χ2n) is 7.13. The smallest absolute Gasteiger partial charge is 0.317 e. The molecular weight excluding hydrogens is 307 g/mol. The van der Waals surface area contributed by atoms with E-state index in [1.165, 1.54) is 6.07 Å². The summed E-state index contributed by atoms with van der Waals surface area (Å²) in [4.78, 5) is 14.5. The number of urea groups is 1. The minimum Gasteiger partial charge on any atom is -0.396 e. The van der Waals surface area contributed by atoms with Crippen LogP contribution in [0.3, 0.4) is 0 Å². The molecule has 2 unspecified atom stereocenters. The van der Waals surface area contributed by atoms with Gasteiger partial charge in [0.1, 0.15) is 5.82 Å². The molecular formula is C19H27FN2O2. The van der Waals surface area contributed by atoms with Crippen molar-refractivity contribution in [2.45, 2.75) is 44.6 Å². The number of carbonyl (C=O) groups excluding carboxylic acids is 1. The zero-order valence-corrected chi connectivity index (χ0v) is 14.1. The van der Waals surface area contributed by atoms with Crippen LogP contribution >= 0.6 is 0 Å². The lowest BCUT2D eigenvalue weighted by Crippen LogP contribution is -2.48. The number of aliphatic hydroxyl groups is 1. The number of rotatable bonds is 4. The average molecular weight is 334 g/mol. The van der Waals surface area contributed by atoms with Gasteiger partial charge in [-0.1, -0.05) is 31.0 Å². The van der Waals surface area contributed by atoms with Crippen LogP contribution in [0.25, 0.3) is 0 Å². The topological polar surface area (TPSA) is 52.6 Å². The summed E-state index contributed by atoms with van der Waals surface area (Å²) >= 11 is 0. The normalized spacial score (nSPS) is 23.2. The molecule has 1 aromatic carbocycles. The van der Waals surface area contributed by atoms with Crippen LogP contribution < -0.4 is 5.32 Å². The first-order valence-corrected chi connectivity index (χ1v) is 9.09. The molecule has 0 bridgehead atoms. The minimum absolute atomic E-state index is 0.114. The highest BCUT2D eigenvalue weighted by molar-refractivity contribution is 5.75. The highest BCUT2D eigenvalue weighted by Crippen LogP contribution is 2.36. The Bertz CT molecular complexity index is 560. The largest absolute Gasteiger partial charge is 0.396 e. The second kappa shape index (κ2) is 7.97. The molecule has 2 N–H and O–H groups in total. The first-order valence-electron chi connectivity index (χ1n) is 9.09. The van der Waals surface area contributed by atoms with E-state index in [4.69, 9.17) is 0 Å². The van der Waals surface area contributed by atoms with Crippen LogP contribution in [-0.2, 0) is 0 Å². The molecule has 4 nitrogen and oxygen atoms in total. The molecule has 0 aromatic heterocycles. The van der Waals surface area contributed by atoms with Gasteiger partial charge in [0.2, 0.25) is 0 Å². The molecule has 1 aromatic rings. The fourth-order valence-electron chi connectivity index (χ4n) is 4.09. The van der Waals surface area contributed by atoms with E-state index < -0.39 is 0 Å². The van der Waals surface area contributed by atoms with Crippen molar-refractivity contribution >= 4 is 6.03 Å². The molecule has 1 aliphatic heterocycles. The van der Waals surface area contributed by atoms with Gasteiger partial charge in [0, 0.05) is 25.3 Å². The third kappa shape index (κ3) is 3.89. The van der Waals surface area contributed by atoms with Crippen molar-refractivity contribution in [3.8, 4) is 0 Å². The second-order valence-corrected chi connectivity index (χ2v) is 7.13. The Hall–Kier alpha value is -1.62. The number of amides is 2. The highest BCUT2D eigenvalue weighted by atomic mass is 19.1. The van der Waals surface area contributed by atoms with Crippen molar-refractivity contribution in [3.63, 3.8) is 0 Å². The van der Waals surface area contributed by atoms with Crippen LogP contribution in [0.15, 0.2) is 24.3 Å². The Morgan fingerprint density at radius 1 is 1.25 bits per heavy atom. The van der Waals surface area contributed by atoms with Gasteiger partial charge >= 0.3 is 6.03 Å². The molecule has 2 atom stereocenters. The van der Waals surface area contributed by atoms with E-state index in [9.17, 15) is 14.3 Å². The first kappa shape index (κ1) is 17.2. The highest BCUT2D eigenvalue weighted by Gasteiger charge is 2.32.